The molecule has 0 aliphatic heterocycles. The first-order valence-corrected chi connectivity index (χ1v) is 8.25. The summed E-state index contributed by atoms with van der Waals surface area (Å²) in [5.41, 5.74) is 2.22. The van der Waals surface area contributed by atoms with Crippen molar-refractivity contribution in [1.29, 1.82) is 0 Å². The summed E-state index contributed by atoms with van der Waals surface area (Å²) in [5, 5.41) is 9.97. The zero-order valence-corrected chi connectivity index (χ0v) is 12.8. The number of benzene rings is 2. The van der Waals surface area contributed by atoms with Crippen molar-refractivity contribution >= 4 is 9.84 Å². The molecule has 0 atom stereocenters. The maximum absolute atomic E-state index is 12.6. The summed E-state index contributed by atoms with van der Waals surface area (Å²) in [6.45, 7) is 1.90. The fourth-order valence-electron chi connectivity index (χ4n) is 2.25. The molecule has 0 fully saturated rings. The number of sulfone groups is 1. The molecule has 0 spiro atoms. The molecule has 0 radical (unpaired) electrons. The summed E-state index contributed by atoms with van der Waals surface area (Å²) in [4.78, 5) is 3.03. The number of hydrogen-bond acceptors (Lipinski definition) is 3. The summed E-state index contributed by atoms with van der Waals surface area (Å²) in [6.07, 6.45) is 1.58. The van der Waals surface area contributed by atoms with E-state index in [1.165, 1.54) is 6.07 Å². The SMILES string of the molecule is Cc1ccc(S(=O)(=O)c2cc(-c3ccccc3O)c[nH]2)cc1. The normalized spacial score (nSPS) is 11.5. The molecule has 0 aliphatic rings. The van der Waals surface area contributed by atoms with Crippen molar-refractivity contribution in [3.8, 4) is 16.9 Å². The van der Waals surface area contributed by atoms with E-state index in [2.05, 4.69) is 4.98 Å². The highest BCUT2D eigenvalue weighted by molar-refractivity contribution is 7.91. The number of phenolic OH excluding ortho intramolecular Hbond substituents is 1. The van der Waals surface area contributed by atoms with E-state index in [1.807, 2.05) is 6.92 Å². The first-order chi connectivity index (χ1) is 10.5. The Kier molecular flexibility index (Phi) is 3.50. The molecule has 0 aliphatic carbocycles. The zero-order chi connectivity index (χ0) is 15.7. The zero-order valence-electron chi connectivity index (χ0n) is 11.9. The molecule has 22 heavy (non-hydrogen) atoms. The number of nitrogens with one attached hydrogen (secondary N) is 1. The van der Waals surface area contributed by atoms with Crippen molar-refractivity contribution in [3.63, 3.8) is 0 Å². The lowest BCUT2D eigenvalue weighted by molar-refractivity contribution is 0.477. The number of H-pyrrole nitrogens is 1. The predicted molar refractivity (Wildman–Crippen MR) is 84.5 cm³/mol. The Hall–Kier alpha value is -2.53. The van der Waals surface area contributed by atoms with Crippen molar-refractivity contribution in [1.82, 2.24) is 4.98 Å². The molecule has 3 aromatic rings. The minimum Gasteiger partial charge on any atom is -0.507 e. The highest BCUT2D eigenvalue weighted by atomic mass is 32.2. The Bertz CT molecular complexity index is 909. The van der Waals surface area contributed by atoms with Crippen LogP contribution in [0, 0.1) is 6.92 Å². The van der Waals surface area contributed by atoms with Crippen LogP contribution >= 0.6 is 0 Å². The van der Waals surface area contributed by atoms with Gasteiger partial charge in [-0.05, 0) is 31.2 Å². The second-order valence-electron chi connectivity index (χ2n) is 5.09. The van der Waals surface area contributed by atoms with E-state index in [1.54, 1.807) is 54.7 Å². The van der Waals surface area contributed by atoms with Crippen LogP contribution in [0.15, 0.2) is 70.7 Å². The molecule has 5 heteroatoms. The van der Waals surface area contributed by atoms with E-state index in [9.17, 15) is 13.5 Å². The van der Waals surface area contributed by atoms with Crippen LogP contribution in [-0.2, 0) is 9.84 Å². The lowest BCUT2D eigenvalue weighted by Crippen LogP contribution is -2.01. The highest BCUT2D eigenvalue weighted by Crippen LogP contribution is 2.31. The molecule has 1 aromatic heterocycles. The molecule has 0 saturated carbocycles. The quantitative estimate of drug-likeness (QED) is 0.777. The van der Waals surface area contributed by atoms with E-state index in [-0.39, 0.29) is 15.7 Å². The Balaban J connectivity index is 2.03. The number of aromatic hydroxyl groups is 1. The third-order valence-electron chi connectivity index (χ3n) is 3.49. The van der Waals surface area contributed by atoms with Crippen LogP contribution in [0.1, 0.15) is 5.56 Å². The van der Waals surface area contributed by atoms with Gasteiger partial charge in [0.15, 0.2) is 0 Å². The molecule has 1 heterocycles. The topological polar surface area (TPSA) is 70.2 Å². The molecule has 112 valence electrons. The second kappa shape index (κ2) is 5.35. The molecular formula is C17H15NO3S. The van der Waals surface area contributed by atoms with Gasteiger partial charge in [-0.2, -0.15) is 0 Å². The van der Waals surface area contributed by atoms with Crippen LogP contribution in [0.5, 0.6) is 5.75 Å². The predicted octanol–water partition coefficient (Wildman–Crippen LogP) is 3.53. The van der Waals surface area contributed by atoms with Crippen LogP contribution in [0.3, 0.4) is 0 Å². The maximum Gasteiger partial charge on any atom is 0.221 e. The minimum absolute atomic E-state index is 0.106. The monoisotopic (exact) mass is 313 g/mol. The van der Waals surface area contributed by atoms with E-state index in [4.69, 9.17) is 0 Å². The standard InChI is InChI=1S/C17H15NO3S/c1-12-6-8-14(9-7-12)22(20,21)17-10-13(11-18-17)15-4-2-3-5-16(15)19/h2-11,18-19H,1H3. The van der Waals surface area contributed by atoms with Gasteiger partial charge in [-0.3, -0.25) is 0 Å². The van der Waals surface area contributed by atoms with Gasteiger partial charge in [-0.1, -0.05) is 35.9 Å². The number of aromatic amines is 1. The summed E-state index contributed by atoms with van der Waals surface area (Å²) >= 11 is 0. The third-order valence-corrected chi connectivity index (χ3v) is 5.20. The van der Waals surface area contributed by atoms with Crippen LogP contribution < -0.4 is 0 Å². The van der Waals surface area contributed by atoms with Crippen molar-refractivity contribution < 1.29 is 13.5 Å². The average molecular weight is 313 g/mol. The third kappa shape index (κ3) is 2.51. The van der Waals surface area contributed by atoms with Crippen molar-refractivity contribution in [2.45, 2.75) is 16.8 Å². The van der Waals surface area contributed by atoms with Crippen molar-refractivity contribution in [2.75, 3.05) is 0 Å². The fraction of sp³-hybridized carbons (Fsp3) is 0.0588. The summed E-state index contributed by atoms with van der Waals surface area (Å²) in [7, 11) is -3.59. The van der Waals surface area contributed by atoms with Gasteiger partial charge in [-0.25, -0.2) is 8.42 Å². The largest absolute Gasteiger partial charge is 0.507 e. The smallest absolute Gasteiger partial charge is 0.221 e. The van der Waals surface area contributed by atoms with Crippen molar-refractivity contribution in [3.05, 3.63) is 66.4 Å². The van der Waals surface area contributed by atoms with Gasteiger partial charge in [0.25, 0.3) is 0 Å². The van der Waals surface area contributed by atoms with E-state index < -0.39 is 9.84 Å². The fourth-order valence-corrected chi connectivity index (χ4v) is 3.49. The molecule has 0 unspecified atom stereocenters. The first kappa shape index (κ1) is 14.4. The molecular weight excluding hydrogens is 298 g/mol. The van der Waals surface area contributed by atoms with Crippen LogP contribution in [-0.4, -0.2) is 18.5 Å². The molecule has 0 saturated heterocycles. The second-order valence-corrected chi connectivity index (χ2v) is 7.00. The maximum atomic E-state index is 12.6. The van der Waals surface area contributed by atoms with Crippen molar-refractivity contribution in [2.24, 2.45) is 0 Å². The van der Waals surface area contributed by atoms with Gasteiger partial charge < -0.3 is 10.1 Å². The Morgan fingerprint density at radius 3 is 2.36 bits per heavy atom. The molecule has 4 nitrogen and oxygen atoms in total. The average Bonchev–Trinajstić information content (AvgIpc) is 2.98. The number of phenols is 1. The number of hydrogen-bond donors (Lipinski definition) is 2. The Morgan fingerprint density at radius 1 is 1.00 bits per heavy atom. The van der Waals surface area contributed by atoms with E-state index in [0.717, 1.165) is 5.56 Å². The first-order valence-electron chi connectivity index (χ1n) is 6.77. The molecule has 0 bridgehead atoms. The van der Waals surface area contributed by atoms with Gasteiger partial charge in [-0.15, -0.1) is 0 Å². The summed E-state index contributed by atoms with van der Waals surface area (Å²) in [6, 6.07) is 15.0. The van der Waals surface area contributed by atoms with Crippen LogP contribution in [0.4, 0.5) is 0 Å². The Labute approximate surface area is 129 Å². The van der Waals surface area contributed by atoms with Gasteiger partial charge in [0.2, 0.25) is 9.84 Å². The summed E-state index contributed by atoms with van der Waals surface area (Å²) < 4.78 is 25.2. The highest BCUT2D eigenvalue weighted by Gasteiger charge is 2.20. The van der Waals surface area contributed by atoms with E-state index in [0.29, 0.717) is 11.1 Å². The van der Waals surface area contributed by atoms with Gasteiger partial charge in [0.1, 0.15) is 10.8 Å². The number of para-hydroxylation sites is 1. The molecule has 2 N–H and O–H groups in total. The van der Waals surface area contributed by atoms with Gasteiger partial charge in [0.05, 0.1) is 4.90 Å². The summed E-state index contributed by atoms with van der Waals surface area (Å²) in [5.74, 6) is 0.112. The minimum atomic E-state index is -3.59. The number of aromatic nitrogens is 1. The lowest BCUT2D eigenvalue weighted by atomic mass is 10.1. The molecule has 0 amide bonds. The van der Waals surface area contributed by atoms with Gasteiger partial charge >= 0.3 is 0 Å². The number of rotatable bonds is 3. The van der Waals surface area contributed by atoms with Crippen LogP contribution in [0.2, 0.25) is 0 Å². The molecule has 2 aromatic carbocycles. The number of aryl methyl sites for hydroxylation is 1. The van der Waals surface area contributed by atoms with E-state index >= 15 is 0 Å². The van der Waals surface area contributed by atoms with Crippen LogP contribution in [0.25, 0.3) is 11.1 Å². The molecule has 3 rings (SSSR count). The lowest BCUT2D eigenvalue weighted by Gasteiger charge is -2.02. The van der Waals surface area contributed by atoms with Gasteiger partial charge in [0, 0.05) is 17.3 Å². The Morgan fingerprint density at radius 2 is 1.68 bits per heavy atom.